The highest BCUT2D eigenvalue weighted by atomic mass is 16.3. The maximum absolute atomic E-state index is 11.6. The van der Waals surface area contributed by atoms with Crippen molar-refractivity contribution in [1.29, 1.82) is 0 Å². The fourth-order valence-electron chi connectivity index (χ4n) is 2.14. The molecule has 1 aliphatic carbocycles. The molecule has 0 aliphatic heterocycles. The van der Waals surface area contributed by atoms with Crippen LogP contribution in [0.5, 0.6) is 0 Å². The van der Waals surface area contributed by atoms with Crippen molar-refractivity contribution in [3.8, 4) is 0 Å². The van der Waals surface area contributed by atoms with Crippen molar-refractivity contribution in [2.45, 2.75) is 37.7 Å². The van der Waals surface area contributed by atoms with Crippen molar-refractivity contribution in [3.63, 3.8) is 0 Å². The summed E-state index contributed by atoms with van der Waals surface area (Å²) in [5.41, 5.74) is -0.621. The summed E-state index contributed by atoms with van der Waals surface area (Å²) in [5, 5.41) is 13.1. The molecule has 1 rings (SSSR count). The largest absolute Gasteiger partial charge is 0.388 e. The van der Waals surface area contributed by atoms with Crippen LogP contribution < -0.4 is 5.32 Å². The average Bonchev–Trinajstić information content (AvgIpc) is 2.61. The number of hydrogen-bond acceptors (Lipinski definition) is 3. The molecule has 0 bridgehead atoms. The molecule has 0 atom stereocenters. The van der Waals surface area contributed by atoms with E-state index in [1.54, 1.807) is 11.9 Å². The standard InChI is InChI=1S/C11H22N2O2/c1-12-8-5-10(14)13(2)9-11(15)6-3-4-7-11/h12,15H,3-9H2,1-2H3. The first-order chi connectivity index (χ1) is 7.07. The van der Waals surface area contributed by atoms with Gasteiger partial charge in [-0.15, -0.1) is 0 Å². The normalized spacial score (nSPS) is 19.1. The summed E-state index contributed by atoms with van der Waals surface area (Å²) in [5.74, 6) is 0.102. The molecule has 1 aliphatic rings. The predicted octanol–water partition coefficient (Wildman–Crippen LogP) is 0.359. The lowest BCUT2D eigenvalue weighted by Crippen LogP contribution is -2.42. The topological polar surface area (TPSA) is 52.6 Å². The number of nitrogens with one attached hydrogen (secondary N) is 1. The highest BCUT2D eigenvalue weighted by Crippen LogP contribution is 2.29. The number of hydrogen-bond donors (Lipinski definition) is 2. The third kappa shape index (κ3) is 3.80. The highest BCUT2D eigenvalue weighted by Gasteiger charge is 2.33. The van der Waals surface area contributed by atoms with Gasteiger partial charge in [0.25, 0.3) is 0 Å². The molecule has 1 fully saturated rings. The van der Waals surface area contributed by atoms with Gasteiger partial charge in [-0.3, -0.25) is 4.79 Å². The van der Waals surface area contributed by atoms with Crippen molar-refractivity contribution >= 4 is 5.91 Å². The molecular weight excluding hydrogens is 192 g/mol. The van der Waals surface area contributed by atoms with E-state index in [0.717, 1.165) is 25.7 Å². The number of nitrogens with zero attached hydrogens (tertiary/aromatic N) is 1. The van der Waals surface area contributed by atoms with Crippen LogP contribution in [0.2, 0.25) is 0 Å². The smallest absolute Gasteiger partial charge is 0.223 e. The zero-order chi connectivity index (χ0) is 11.3. The van der Waals surface area contributed by atoms with Gasteiger partial charge in [-0.25, -0.2) is 0 Å². The zero-order valence-corrected chi connectivity index (χ0v) is 9.75. The van der Waals surface area contributed by atoms with E-state index in [-0.39, 0.29) is 5.91 Å². The van der Waals surface area contributed by atoms with E-state index in [1.165, 1.54) is 0 Å². The van der Waals surface area contributed by atoms with Gasteiger partial charge in [-0.2, -0.15) is 0 Å². The van der Waals surface area contributed by atoms with Crippen molar-refractivity contribution < 1.29 is 9.90 Å². The Morgan fingerprint density at radius 1 is 1.47 bits per heavy atom. The van der Waals surface area contributed by atoms with Crippen LogP contribution in [0.15, 0.2) is 0 Å². The minimum Gasteiger partial charge on any atom is -0.388 e. The van der Waals surface area contributed by atoms with Gasteiger partial charge >= 0.3 is 0 Å². The van der Waals surface area contributed by atoms with Crippen LogP contribution in [0.1, 0.15) is 32.1 Å². The van der Waals surface area contributed by atoms with Gasteiger partial charge < -0.3 is 15.3 Å². The first-order valence-corrected chi connectivity index (χ1v) is 5.68. The lowest BCUT2D eigenvalue weighted by atomic mass is 10.0. The molecule has 0 unspecified atom stereocenters. The Morgan fingerprint density at radius 3 is 2.60 bits per heavy atom. The van der Waals surface area contributed by atoms with Crippen LogP contribution in [0.25, 0.3) is 0 Å². The molecule has 0 radical (unpaired) electrons. The number of carbonyl (C=O) groups excluding carboxylic acids is 1. The molecule has 15 heavy (non-hydrogen) atoms. The summed E-state index contributed by atoms with van der Waals surface area (Å²) >= 11 is 0. The Bertz CT molecular complexity index is 213. The minimum atomic E-state index is -0.621. The third-order valence-corrected chi connectivity index (χ3v) is 3.08. The molecule has 2 N–H and O–H groups in total. The number of amides is 1. The average molecular weight is 214 g/mol. The van der Waals surface area contributed by atoms with Crippen molar-refractivity contribution in [3.05, 3.63) is 0 Å². The summed E-state index contributed by atoms with van der Waals surface area (Å²) in [6.07, 6.45) is 4.32. The van der Waals surface area contributed by atoms with Crippen LogP contribution in [0, 0.1) is 0 Å². The predicted molar refractivity (Wildman–Crippen MR) is 59.6 cm³/mol. The second kappa shape index (κ2) is 5.47. The fraction of sp³-hybridized carbons (Fsp3) is 0.909. The van der Waals surface area contributed by atoms with Gasteiger partial charge in [0.1, 0.15) is 0 Å². The molecule has 1 saturated carbocycles. The van der Waals surface area contributed by atoms with Crippen LogP contribution in [0.4, 0.5) is 0 Å². The van der Waals surface area contributed by atoms with E-state index in [1.807, 2.05) is 7.05 Å². The highest BCUT2D eigenvalue weighted by molar-refractivity contribution is 5.76. The number of carbonyl (C=O) groups is 1. The van der Waals surface area contributed by atoms with Gasteiger partial charge in [-0.05, 0) is 19.9 Å². The monoisotopic (exact) mass is 214 g/mol. The molecule has 0 saturated heterocycles. The van der Waals surface area contributed by atoms with E-state index in [0.29, 0.717) is 19.5 Å². The van der Waals surface area contributed by atoms with Gasteiger partial charge in [0, 0.05) is 26.6 Å². The molecule has 0 aromatic carbocycles. The number of aliphatic hydroxyl groups is 1. The molecule has 4 nitrogen and oxygen atoms in total. The maximum atomic E-state index is 11.6. The molecular formula is C11H22N2O2. The van der Waals surface area contributed by atoms with Gasteiger partial charge in [0.05, 0.1) is 5.60 Å². The zero-order valence-electron chi connectivity index (χ0n) is 9.75. The third-order valence-electron chi connectivity index (χ3n) is 3.08. The first kappa shape index (κ1) is 12.5. The maximum Gasteiger partial charge on any atom is 0.223 e. The number of rotatable bonds is 5. The molecule has 0 aromatic rings. The summed E-state index contributed by atoms with van der Waals surface area (Å²) in [6, 6.07) is 0. The van der Waals surface area contributed by atoms with E-state index in [2.05, 4.69) is 5.32 Å². The SMILES string of the molecule is CNCCC(=O)N(C)CC1(O)CCCC1. The van der Waals surface area contributed by atoms with Crippen LogP contribution in [-0.2, 0) is 4.79 Å². The molecule has 0 heterocycles. The van der Waals surface area contributed by atoms with Gasteiger partial charge in [0.2, 0.25) is 5.91 Å². The van der Waals surface area contributed by atoms with Crippen molar-refractivity contribution in [1.82, 2.24) is 10.2 Å². The quantitative estimate of drug-likeness (QED) is 0.695. The lowest BCUT2D eigenvalue weighted by Gasteiger charge is -2.28. The lowest BCUT2D eigenvalue weighted by molar-refractivity contribution is -0.133. The number of likely N-dealkylation sites (N-methyl/N-ethyl adjacent to an activating group) is 1. The Kier molecular flexibility index (Phi) is 4.54. The van der Waals surface area contributed by atoms with Crippen molar-refractivity contribution in [2.75, 3.05) is 27.2 Å². The minimum absolute atomic E-state index is 0.102. The van der Waals surface area contributed by atoms with Crippen molar-refractivity contribution in [2.24, 2.45) is 0 Å². The van der Waals surface area contributed by atoms with E-state index in [4.69, 9.17) is 0 Å². The molecule has 88 valence electrons. The van der Waals surface area contributed by atoms with Crippen LogP contribution in [-0.4, -0.2) is 48.7 Å². The fourth-order valence-corrected chi connectivity index (χ4v) is 2.14. The molecule has 0 aromatic heterocycles. The van der Waals surface area contributed by atoms with E-state index in [9.17, 15) is 9.90 Å². The second-order valence-electron chi connectivity index (χ2n) is 4.53. The second-order valence-corrected chi connectivity index (χ2v) is 4.53. The summed E-state index contributed by atoms with van der Waals surface area (Å²) in [4.78, 5) is 13.3. The van der Waals surface area contributed by atoms with Gasteiger partial charge in [-0.1, -0.05) is 12.8 Å². The van der Waals surface area contributed by atoms with E-state index < -0.39 is 5.60 Å². The Hall–Kier alpha value is -0.610. The summed E-state index contributed by atoms with van der Waals surface area (Å²) in [6.45, 7) is 1.18. The first-order valence-electron chi connectivity index (χ1n) is 5.68. The molecule has 1 amide bonds. The Labute approximate surface area is 91.6 Å². The van der Waals surface area contributed by atoms with Crippen LogP contribution >= 0.6 is 0 Å². The molecule has 0 spiro atoms. The van der Waals surface area contributed by atoms with Gasteiger partial charge in [0.15, 0.2) is 0 Å². The Balaban J connectivity index is 2.33. The summed E-state index contributed by atoms with van der Waals surface area (Å²) in [7, 11) is 3.60. The molecule has 4 heteroatoms. The van der Waals surface area contributed by atoms with E-state index >= 15 is 0 Å². The Morgan fingerprint density at radius 2 is 2.07 bits per heavy atom. The summed E-state index contributed by atoms with van der Waals surface area (Å²) < 4.78 is 0. The van der Waals surface area contributed by atoms with Crippen LogP contribution in [0.3, 0.4) is 0 Å².